The van der Waals surface area contributed by atoms with E-state index < -0.39 is 0 Å². The summed E-state index contributed by atoms with van der Waals surface area (Å²) in [7, 11) is 1.55. The maximum absolute atomic E-state index is 11.7. The van der Waals surface area contributed by atoms with Crippen LogP contribution in [0, 0.1) is 0 Å². The molecule has 0 aliphatic rings. The number of aromatic nitrogens is 2. The van der Waals surface area contributed by atoms with Gasteiger partial charge in [0.25, 0.3) is 11.9 Å². The second-order valence-corrected chi connectivity index (χ2v) is 5.70. The second kappa shape index (κ2) is 7.17. The molecule has 0 aliphatic heterocycles. The Morgan fingerprint density at radius 3 is 2.67 bits per heavy atom. The van der Waals surface area contributed by atoms with Gasteiger partial charge in [0.1, 0.15) is 22.7 Å². The fraction of sp³-hybridized carbons (Fsp3) is 0.0500. The number of ether oxygens (including phenoxy) is 1. The van der Waals surface area contributed by atoms with Crippen LogP contribution in [-0.2, 0) is 0 Å². The van der Waals surface area contributed by atoms with Gasteiger partial charge in [-0.1, -0.05) is 18.2 Å². The van der Waals surface area contributed by atoms with Gasteiger partial charge in [-0.2, -0.15) is 4.98 Å². The fourth-order valence-electron chi connectivity index (χ4n) is 2.53. The van der Waals surface area contributed by atoms with Gasteiger partial charge in [-0.05, 0) is 30.3 Å². The molecule has 0 radical (unpaired) electrons. The minimum Gasteiger partial charge on any atom is -0.457 e. The monoisotopic (exact) mass is 360 g/mol. The number of nitrogens with one attached hydrogen (secondary N) is 2. The Bertz CT molecular complexity index is 1090. The number of carbonyl (C=O) groups excluding carboxylic acids is 1. The number of pyridine rings is 1. The van der Waals surface area contributed by atoms with Gasteiger partial charge in [-0.15, -0.1) is 0 Å². The first-order valence-electron chi connectivity index (χ1n) is 8.30. The topological polar surface area (TPSA) is 89.3 Å². The Hall–Kier alpha value is -3.87. The van der Waals surface area contributed by atoms with Gasteiger partial charge in [0.05, 0.1) is 0 Å². The largest absolute Gasteiger partial charge is 0.457 e. The van der Waals surface area contributed by atoms with Crippen molar-refractivity contribution in [2.24, 2.45) is 0 Å². The molecule has 0 fully saturated rings. The Kier molecular flexibility index (Phi) is 4.40. The minimum absolute atomic E-state index is 0.275. The number of carbonyl (C=O) groups is 1. The summed E-state index contributed by atoms with van der Waals surface area (Å²) in [6, 6.07) is 18.7. The van der Waals surface area contributed by atoms with Gasteiger partial charge in [-0.3, -0.25) is 9.78 Å². The SMILES string of the molecule is CNC(=O)c1cc(Oc2ccc3nc(Nc4ccccc4)oc3c2)ccn1. The molecule has 0 unspecified atom stereocenters. The first-order chi connectivity index (χ1) is 13.2. The molecule has 0 atom stereocenters. The molecule has 27 heavy (non-hydrogen) atoms. The van der Waals surface area contributed by atoms with Gasteiger partial charge in [0.2, 0.25) is 0 Å². The summed E-state index contributed by atoms with van der Waals surface area (Å²) in [5.41, 5.74) is 2.47. The highest BCUT2D eigenvalue weighted by molar-refractivity contribution is 5.92. The summed E-state index contributed by atoms with van der Waals surface area (Å²) in [6.45, 7) is 0. The highest BCUT2D eigenvalue weighted by atomic mass is 16.5. The normalized spacial score (nSPS) is 10.6. The molecule has 2 aromatic carbocycles. The lowest BCUT2D eigenvalue weighted by molar-refractivity contribution is 0.0958. The van der Waals surface area contributed by atoms with E-state index in [-0.39, 0.29) is 11.6 Å². The van der Waals surface area contributed by atoms with Gasteiger partial charge >= 0.3 is 0 Å². The highest BCUT2D eigenvalue weighted by Gasteiger charge is 2.10. The predicted octanol–water partition coefficient (Wildman–Crippen LogP) is 4.12. The lowest BCUT2D eigenvalue weighted by Gasteiger charge is -2.06. The van der Waals surface area contributed by atoms with Crippen LogP contribution in [0.5, 0.6) is 11.5 Å². The number of benzene rings is 2. The van der Waals surface area contributed by atoms with E-state index in [0.717, 1.165) is 5.69 Å². The van der Waals surface area contributed by atoms with Crippen LogP contribution < -0.4 is 15.4 Å². The van der Waals surface area contributed by atoms with E-state index in [1.54, 1.807) is 31.3 Å². The van der Waals surface area contributed by atoms with Crippen LogP contribution in [0.1, 0.15) is 10.5 Å². The van der Waals surface area contributed by atoms with Crippen molar-refractivity contribution in [3.05, 3.63) is 72.6 Å². The number of para-hydroxylation sites is 1. The number of rotatable bonds is 5. The van der Waals surface area contributed by atoms with Crippen molar-refractivity contribution in [1.29, 1.82) is 0 Å². The molecule has 0 aliphatic carbocycles. The van der Waals surface area contributed by atoms with Gasteiger partial charge in [0.15, 0.2) is 5.58 Å². The van der Waals surface area contributed by atoms with E-state index in [1.807, 2.05) is 36.4 Å². The van der Waals surface area contributed by atoms with Gasteiger partial charge < -0.3 is 19.8 Å². The molecule has 0 saturated heterocycles. The molecule has 4 aromatic rings. The molecule has 0 spiro atoms. The van der Waals surface area contributed by atoms with E-state index >= 15 is 0 Å². The zero-order valence-corrected chi connectivity index (χ0v) is 14.5. The van der Waals surface area contributed by atoms with E-state index in [2.05, 4.69) is 20.6 Å². The molecule has 2 N–H and O–H groups in total. The molecule has 4 rings (SSSR count). The van der Waals surface area contributed by atoms with Crippen molar-refractivity contribution in [1.82, 2.24) is 15.3 Å². The quantitative estimate of drug-likeness (QED) is 0.556. The van der Waals surface area contributed by atoms with Gasteiger partial charge in [-0.25, -0.2) is 0 Å². The summed E-state index contributed by atoms with van der Waals surface area (Å²) in [6.07, 6.45) is 1.52. The van der Waals surface area contributed by atoms with Crippen molar-refractivity contribution in [2.75, 3.05) is 12.4 Å². The summed E-state index contributed by atoms with van der Waals surface area (Å²) >= 11 is 0. The molecule has 7 heteroatoms. The number of amides is 1. The highest BCUT2D eigenvalue weighted by Crippen LogP contribution is 2.28. The van der Waals surface area contributed by atoms with E-state index in [1.165, 1.54) is 6.20 Å². The zero-order valence-electron chi connectivity index (χ0n) is 14.5. The lowest BCUT2D eigenvalue weighted by atomic mass is 10.3. The Morgan fingerprint density at radius 2 is 1.85 bits per heavy atom. The number of anilines is 2. The van der Waals surface area contributed by atoms with Crippen LogP contribution in [0.3, 0.4) is 0 Å². The van der Waals surface area contributed by atoms with Crippen LogP contribution in [0.4, 0.5) is 11.7 Å². The summed E-state index contributed by atoms with van der Waals surface area (Å²) in [4.78, 5) is 20.1. The fourth-order valence-corrected chi connectivity index (χ4v) is 2.53. The molecule has 0 bridgehead atoms. The first kappa shape index (κ1) is 16.6. The molecule has 0 saturated carbocycles. The Labute approximate surface area is 155 Å². The number of fused-ring (bicyclic) bond motifs is 1. The average Bonchev–Trinajstić information content (AvgIpc) is 3.10. The van der Waals surface area contributed by atoms with Crippen molar-refractivity contribution >= 4 is 28.7 Å². The molecular formula is C20H16N4O3. The third kappa shape index (κ3) is 3.72. The van der Waals surface area contributed by atoms with Crippen molar-refractivity contribution in [2.45, 2.75) is 0 Å². The smallest absolute Gasteiger partial charge is 0.300 e. The third-order valence-corrected chi connectivity index (χ3v) is 3.81. The molecular weight excluding hydrogens is 344 g/mol. The second-order valence-electron chi connectivity index (χ2n) is 5.70. The summed E-state index contributed by atoms with van der Waals surface area (Å²) in [5, 5.41) is 5.65. The summed E-state index contributed by atoms with van der Waals surface area (Å²) < 4.78 is 11.6. The van der Waals surface area contributed by atoms with E-state index in [0.29, 0.717) is 28.6 Å². The maximum atomic E-state index is 11.7. The van der Waals surface area contributed by atoms with Crippen LogP contribution in [-0.4, -0.2) is 22.9 Å². The Morgan fingerprint density at radius 1 is 1.04 bits per heavy atom. The third-order valence-electron chi connectivity index (χ3n) is 3.81. The van der Waals surface area contributed by atoms with Crippen LogP contribution >= 0.6 is 0 Å². The van der Waals surface area contributed by atoms with Gasteiger partial charge in [0, 0.05) is 31.1 Å². The van der Waals surface area contributed by atoms with Crippen molar-refractivity contribution < 1.29 is 13.9 Å². The molecule has 2 heterocycles. The van der Waals surface area contributed by atoms with Crippen molar-refractivity contribution in [3.63, 3.8) is 0 Å². The lowest BCUT2D eigenvalue weighted by Crippen LogP contribution is -2.18. The van der Waals surface area contributed by atoms with Crippen LogP contribution in [0.25, 0.3) is 11.1 Å². The van der Waals surface area contributed by atoms with E-state index in [9.17, 15) is 4.79 Å². The summed E-state index contributed by atoms with van der Waals surface area (Å²) in [5.74, 6) is 0.798. The van der Waals surface area contributed by atoms with Crippen LogP contribution in [0.15, 0.2) is 71.3 Å². The van der Waals surface area contributed by atoms with Crippen LogP contribution in [0.2, 0.25) is 0 Å². The predicted molar refractivity (Wildman–Crippen MR) is 101 cm³/mol. The van der Waals surface area contributed by atoms with E-state index in [4.69, 9.17) is 9.15 Å². The first-order valence-corrected chi connectivity index (χ1v) is 8.30. The molecule has 134 valence electrons. The maximum Gasteiger partial charge on any atom is 0.300 e. The molecule has 2 aromatic heterocycles. The number of oxazole rings is 1. The number of nitrogens with zero attached hydrogens (tertiary/aromatic N) is 2. The standard InChI is InChI=1S/C20H16N4O3/c1-21-19(25)17-11-15(9-10-22-17)26-14-7-8-16-18(12-14)27-20(24-16)23-13-5-3-2-4-6-13/h2-12H,1H3,(H,21,25)(H,23,24). The van der Waals surface area contributed by atoms with Crippen molar-refractivity contribution in [3.8, 4) is 11.5 Å². The molecule has 1 amide bonds. The zero-order chi connectivity index (χ0) is 18.6. The Balaban J connectivity index is 1.56. The number of hydrogen-bond donors (Lipinski definition) is 2. The number of hydrogen-bond acceptors (Lipinski definition) is 6. The average molecular weight is 360 g/mol. The minimum atomic E-state index is -0.275. The molecule has 7 nitrogen and oxygen atoms in total.